The van der Waals surface area contributed by atoms with Gasteiger partial charge in [-0.1, -0.05) is 35.9 Å². The molecule has 1 nitrogen and oxygen atoms in total. The second kappa shape index (κ2) is 4.86. The first-order valence-corrected chi connectivity index (χ1v) is 5.77. The van der Waals surface area contributed by atoms with E-state index in [-0.39, 0.29) is 11.9 Å². The summed E-state index contributed by atoms with van der Waals surface area (Å²) in [6.07, 6.45) is 0. The lowest BCUT2D eigenvalue weighted by atomic mass is 10.00. The van der Waals surface area contributed by atoms with Crippen molar-refractivity contribution in [2.45, 2.75) is 13.0 Å². The Morgan fingerprint density at radius 3 is 2.47 bits per heavy atom. The summed E-state index contributed by atoms with van der Waals surface area (Å²) in [5.41, 5.74) is 7.86. The monoisotopic (exact) mass is 249 g/mol. The Hall–Kier alpha value is -1.38. The van der Waals surface area contributed by atoms with Gasteiger partial charge in [0, 0.05) is 22.2 Å². The third kappa shape index (κ3) is 2.48. The molecule has 17 heavy (non-hydrogen) atoms. The zero-order valence-electron chi connectivity index (χ0n) is 9.45. The van der Waals surface area contributed by atoms with Crippen LogP contribution in [-0.4, -0.2) is 0 Å². The molecule has 0 aliphatic heterocycles. The molecule has 0 spiro atoms. The molecule has 1 unspecified atom stereocenters. The number of rotatable bonds is 2. The normalized spacial score (nSPS) is 12.5. The summed E-state index contributed by atoms with van der Waals surface area (Å²) in [6, 6.07) is 11.9. The molecule has 2 aromatic carbocycles. The van der Waals surface area contributed by atoms with Crippen molar-refractivity contribution in [1.82, 2.24) is 0 Å². The Balaban J connectivity index is 2.59. The fourth-order valence-corrected chi connectivity index (χ4v) is 1.95. The zero-order chi connectivity index (χ0) is 12.4. The fourth-order valence-electron chi connectivity index (χ4n) is 1.71. The predicted molar refractivity (Wildman–Crippen MR) is 69.4 cm³/mol. The van der Waals surface area contributed by atoms with E-state index in [0.717, 1.165) is 5.56 Å². The first-order chi connectivity index (χ1) is 8.09. The van der Waals surface area contributed by atoms with Crippen LogP contribution >= 0.6 is 11.6 Å². The van der Waals surface area contributed by atoms with Gasteiger partial charge in [0.15, 0.2) is 0 Å². The molecule has 0 heterocycles. The van der Waals surface area contributed by atoms with E-state index < -0.39 is 0 Å². The van der Waals surface area contributed by atoms with Crippen LogP contribution in [0, 0.1) is 5.82 Å². The first-order valence-electron chi connectivity index (χ1n) is 5.39. The van der Waals surface area contributed by atoms with Gasteiger partial charge in [0.2, 0.25) is 0 Å². The third-order valence-corrected chi connectivity index (χ3v) is 3.01. The summed E-state index contributed by atoms with van der Waals surface area (Å²) < 4.78 is 13.8. The Kier molecular flexibility index (Phi) is 3.46. The topological polar surface area (TPSA) is 26.0 Å². The highest BCUT2D eigenvalue weighted by Crippen LogP contribution is 2.31. The van der Waals surface area contributed by atoms with Gasteiger partial charge in [0.25, 0.3) is 0 Å². The lowest BCUT2D eigenvalue weighted by Crippen LogP contribution is -2.05. The van der Waals surface area contributed by atoms with E-state index in [1.54, 1.807) is 24.3 Å². The molecule has 0 aliphatic carbocycles. The molecule has 2 rings (SSSR count). The van der Waals surface area contributed by atoms with Crippen molar-refractivity contribution in [2.75, 3.05) is 0 Å². The highest BCUT2D eigenvalue weighted by Gasteiger charge is 2.10. The minimum atomic E-state index is -0.289. The van der Waals surface area contributed by atoms with Crippen LogP contribution in [0.2, 0.25) is 5.02 Å². The molecule has 0 radical (unpaired) electrons. The molecule has 0 aromatic heterocycles. The molecule has 0 amide bonds. The molecule has 0 bridgehead atoms. The average molecular weight is 250 g/mol. The quantitative estimate of drug-likeness (QED) is 0.850. The maximum atomic E-state index is 13.8. The summed E-state index contributed by atoms with van der Waals surface area (Å²) in [7, 11) is 0. The van der Waals surface area contributed by atoms with E-state index in [0.29, 0.717) is 16.1 Å². The summed E-state index contributed by atoms with van der Waals surface area (Å²) in [6.45, 7) is 1.86. The van der Waals surface area contributed by atoms with Crippen LogP contribution in [0.25, 0.3) is 11.1 Å². The van der Waals surface area contributed by atoms with Gasteiger partial charge < -0.3 is 5.73 Å². The standard InChI is InChI=1S/C14H13ClFN/c1-9(17)10-6-7-14(16)12(8-10)11-4-2-3-5-13(11)15/h2-9H,17H2,1H3. The molecule has 0 saturated heterocycles. The number of benzene rings is 2. The van der Waals surface area contributed by atoms with Gasteiger partial charge in [0.1, 0.15) is 5.82 Å². The van der Waals surface area contributed by atoms with Gasteiger partial charge >= 0.3 is 0 Å². The second-order valence-electron chi connectivity index (χ2n) is 4.01. The molecule has 1 atom stereocenters. The van der Waals surface area contributed by atoms with Crippen LogP contribution in [-0.2, 0) is 0 Å². The zero-order valence-corrected chi connectivity index (χ0v) is 10.2. The summed E-state index contributed by atoms with van der Waals surface area (Å²) >= 11 is 6.06. The Labute approximate surface area is 105 Å². The van der Waals surface area contributed by atoms with Gasteiger partial charge in [-0.3, -0.25) is 0 Å². The van der Waals surface area contributed by atoms with E-state index in [2.05, 4.69) is 0 Å². The molecule has 0 fully saturated rings. The van der Waals surface area contributed by atoms with Gasteiger partial charge in [-0.05, 0) is 30.7 Å². The largest absolute Gasteiger partial charge is 0.324 e. The number of halogens is 2. The van der Waals surface area contributed by atoms with Gasteiger partial charge in [-0.15, -0.1) is 0 Å². The van der Waals surface area contributed by atoms with E-state index in [1.165, 1.54) is 6.07 Å². The second-order valence-corrected chi connectivity index (χ2v) is 4.42. The van der Waals surface area contributed by atoms with Crippen LogP contribution in [0.3, 0.4) is 0 Å². The maximum Gasteiger partial charge on any atom is 0.131 e. The summed E-state index contributed by atoms with van der Waals surface area (Å²) in [5.74, 6) is -0.289. The van der Waals surface area contributed by atoms with Gasteiger partial charge in [0.05, 0.1) is 0 Å². The van der Waals surface area contributed by atoms with Gasteiger partial charge in [-0.25, -0.2) is 4.39 Å². The number of hydrogen-bond acceptors (Lipinski definition) is 1. The molecule has 2 aromatic rings. The Bertz CT molecular complexity index is 537. The molecular formula is C14H13ClFN. The minimum absolute atomic E-state index is 0.128. The fraction of sp³-hybridized carbons (Fsp3) is 0.143. The summed E-state index contributed by atoms with van der Waals surface area (Å²) in [5, 5.41) is 0.535. The highest BCUT2D eigenvalue weighted by atomic mass is 35.5. The van der Waals surface area contributed by atoms with Crippen molar-refractivity contribution in [3.63, 3.8) is 0 Å². The minimum Gasteiger partial charge on any atom is -0.324 e. The van der Waals surface area contributed by atoms with Crippen LogP contribution in [0.5, 0.6) is 0 Å². The van der Waals surface area contributed by atoms with Crippen molar-refractivity contribution in [1.29, 1.82) is 0 Å². The highest BCUT2D eigenvalue weighted by molar-refractivity contribution is 6.33. The van der Waals surface area contributed by atoms with Crippen molar-refractivity contribution in [3.05, 3.63) is 58.9 Å². The predicted octanol–water partition coefficient (Wildman–Crippen LogP) is 4.17. The number of nitrogens with two attached hydrogens (primary N) is 1. The Morgan fingerprint density at radius 2 is 1.82 bits per heavy atom. The third-order valence-electron chi connectivity index (χ3n) is 2.68. The Morgan fingerprint density at radius 1 is 1.12 bits per heavy atom. The lowest BCUT2D eigenvalue weighted by Gasteiger charge is -2.10. The van der Waals surface area contributed by atoms with Crippen molar-refractivity contribution in [3.8, 4) is 11.1 Å². The summed E-state index contributed by atoms with van der Waals surface area (Å²) in [4.78, 5) is 0. The molecule has 2 N–H and O–H groups in total. The molecule has 3 heteroatoms. The van der Waals surface area contributed by atoms with E-state index in [9.17, 15) is 4.39 Å². The van der Waals surface area contributed by atoms with Crippen LogP contribution in [0.1, 0.15) is 18.5 Å². The van der Waals surface area contributed by atoms with Gasteiger partial charge in [-0.2, -0.15) is 0 Å². The van der Waals surface area contributed by atoms with E-state index in [4.69, 9.17) is 17.3 Å². The average Bonchev–Trinajstić information content (AvgIpc) is 2.30. The molecule has 0 aliphatic rings. The molecule has 88 valence electrons. The van der Waals surface area contributed by atoms with E-state index in [1.807, 2.05) is 19.1 Å². The molecular weight excluding hydrogens is 237 g/mol. The molecule has 0 saturated carbocycles. The van der Waals surface area contributed by atoms with Crippen LogP contribution in [0.15, 0.2) is 42.5 Å². The number of hydrogen-bond donors (Lipinski definition) is 1. The van der Waals surface area contributed by atoms with E-state index >= 15 is 0 Å². The maximum absolute atomic E-state index is 13.8. The van der Waals surface area contributed by atoms with Crippen molar-refractivity contribution >= 4 is 11.6 Å². The SMILES string of the molecule is CC(N)c1ccc(F)c(-c2ccccc2Cl)c1. The van der Waals surface area contributed by atoms with Crippen LogP contribution in [0.4, 0.5) is 4.39 Å². The van der Waals surface area contributed by atoms with Crippen molar-refractivity contribution in [2.24, 2.45) is 5.73 Å². The first kappa shape index (κ1) is 12.1. The van der Waals surface area contributed by atoms with Crippen molar-refractivity contribution < 1.29 is 4.39 Å². The van der Waals surface area contributed by atoms with Crippen LogP contribution < -0.4 is 5.73 Å². The smallest absolute Gasteiger partial charge is 0.131 e. The lowest BCUT2D eigenvalue weighted by molar-refractivity contribution is 0.629.